The third-order valence-electron chi connectivity index (χ3n) is 8.67. The summed E-state index contributed by atoms with van der Waals surface area (Å²) >= 11 is 0. The molecule has 0 bridgehead atoms. The molecular weight excluding hydrogens is 702 g/mol. The molecule has 0 radical (unpaired) electrons. The van der Waals surface area contributed by atoms with E-state index < -0.39 is 89.7 Å². The van der Waals surface area contributed by atoms with Gasteiger partial charge in [-0.25, -0.2) is 0 Å². The lowest BCUT2D eigenvalue weighted by atomic mass is 10.00. The van der Waals surface area contributed by atoms with Gasteiger partial charge in [0.05, 0.1) is 12.1 Å². The molecule has 54 heavy (non-hydrogen) atoms. The third kappa shape index (κ3) is 15.0. The monoisotopic (exact) mass is 761 g/mol. The van der Waals surface area contributed by atoms with E-state index in [0.717, 1.165) is 0 Å². The summed E-state index contributed by atoms with van der Waals surface area (Å²) in [5, 5.41) is 28.5. The van der Waals surface area contributed by atoms with Crippen LogP contribution in [0, 0.1) is 5.92 Å². The highest BCUT2D eigenvalue weighted by atomic mass is 16.3. The van der Waals surface area contributed by atoms with Crippen LogP contribution in [0.2, 0.25) is 0 Å². The van der Waals surface area contributed by atoms with Crippen molar-refractivity contribution in [3.05, 3.63) is 35.9 Å². The number of hydrogen-bond donors (Lipinski definition) is 12. The Labute approximate surface area is 315 Å². The van der Waals surface area contributed by atoms with Crippen LogP contribution in [0.25, 0.3) is 0 Å². The number of amides is 7. The van der Waals surface area contributed by atoms with Crippen molar-refractivity contribution in [2.45, 2.75) is 108 Å². The standard InChI is InChI=1S/C35H59N11O8/c1-19(2)17-26-33(52)43-24(10-14-37)30(49)42-25(11-15-38)32(51)46-28(20(3)47)35(54)40-16-12-22(39)29(48)41-23(9-13-36)31(50)45-27(34(53)44-26)18-21-7-5-4-6-8-21/h4-8,19-20,22-28,47H,9-18,36-39H2,1-3H3,(H,40,54)(H,41,48)(H,42,49)(H,43,52)(H,44,53)(H,45,50)(H,46,51)/t20-,22+,23+,24+,25+,26+,27-,28+/m1/s1. The number of nitrogens with two attached hydrogens (primary N) is 4. The molecule has 8 atom stereocenters. The van der Waals surface area contributed by atoms with Crippen LogP contribution in [0.1, 0.15) is 58.4 Å². The Kier molecular flexibility index (Phi) is 19.5. The largest absolute Gasteiger partial charge is 0.391 e. The van der Waals surface area contributed by atoms with Gasteiger partial charge in [0.15, 0.2) is 0 Å². The van der Waals surface area contributed by atoms with Gasteiger partial charge in [-0.1, -0.05) is 44.2 Å². The van der Waals surface area contributed by atoms with Crippen LogP contribution in [0.5, 0.6) is 0 Å². The Balaban J connectivity index is 2.57. The number of benzene rings is 1. The van der Waals surface area contributed by atoms with Gasteiger partial charge in [-0.05, 0) is 70.1 Å². The number of aliphatic hydroxyl groups excluding tert-OH is 1. The molecule has 1 aromatic rings. The Hall–Kier alpha value is -4.69. The fourth-order valence-corrected chi connectivity index (χ4v) is 5.69. The van der Waals surface area contributed by atoms with Gasteiger partial charge in [-0.15, -0.1) is 0 Å². The summed E-state index contributed by atoms with van der Waals surface area (Å²) in [6.45, 7) is 4.70. The summed E-state index contributed by atoms with van der Waals surface area (Å²) in [7, 11) is 0. The van der Waals surface area contributed by atoms with Gasteiger partial charge in [0.2, 0.25) is 41.4 Å². The SMILES string of the molecule is CC(C)C[C@@H]1NC(=O)[C@@H](Cc2ccccc2)NC(=O)[C@H](CCN)NC(=O)[C@@H](N)CCNC(=O)[C@H]([C@@H](C)O)NC(=O)[C@H](CCN)NC(=O)[C@H](CCN)NC1=O. The van der Waals surface area contributed by atoms with Crippen molar-refractivity contribution in [2.75, 3.05) is 26.2 Å². The molecular formula is C35H59N11O8. The lowest BCUT2D eigenvalue weighted by Gasteiger charge is -2.28. The van der Waals surface area contributed by atoms with E-state index in [1.807, 2.05) is 13.8 Å². The fraction of sp³-hybridized carbons (Fsp3) is 0.629. The number of nitrogens with one attached hydrogen (secondary N) is 7. The second-order valence-corrected chi connectivity index (χ2v) is 13.8. The van der Waals surface area contributed by atoms with E-state index in [0.29, 0.717) is 5.56 Å². The first-order chi connectivity index (χ1) is 25.6. The van der Waals surface area contributed by atoms with Crippen molar-refractivity contribution in [1.82, 2.24) is 37.2 Å². The molecule has 1 aliphatic rings. The average molecular weight is 762 g/mol. The normalized spacial score (nSPS) is 26.7. The first kappa shape index (κ1) is 45.5. The zero-order valence-electron chi connectivity index (χ0n) is 31.3. The first-order valence-electron chi connectivity index (χ1n) is 18.3. The van der Waals surface area contributed by atoms with Gasteiger partial charge in [0.1, 0.15) is 36.3 Å². The minimum Gasteiger partial charge on any atom is -0.391 e. The van der Waals surface area contributed by atoms with Crippen molar-refractivity contribution < 1.29 is 38.7 Å². The molecule has 1 heterocycles. The highest BCUT2D eigenvalue weighted by Gasteiger charge is 2.34. The maximum atomic E-state index is 13.9. The number of aliphatic hydroxyl groups is 1. The molecule has 19 nitrogen and oxygen atoms in total. The molecule has 16 N–H and O–H groups in total. The van der Waals surface area contributed by atoms with Crippen LogP contribution >= 0.6 is 0 Å². The molecule has 19 heteroatoms. The van der Waals surface area contributed by atoms with E-state index >= 15 is 0 Å². The number of rotatable bonds is 11. The lowest BCUT2D eigenvalue weighted by molar-refractivity contribution is -0.136. The van der Waals surface area contributed by atoms with E-state index in [2.05, 4.69) is 37.2 Å². The van der Waals surface area contributed by atoms with Crippen LogP contribution in [0.15, 0.2) is 30.3 Å². The minimum atomic E-state index is -1.47. The van der Waals surface area contributed by atoms with E-state index in [4.69, 9.17) is 22.9 Å². The number of carbonyl (C=O) groups excluding carboxylic acids is 7. The summed E-state index contributed by atoms with van der Waals surface area (Å²) in [5.74, 6) is -5.41. The summed E-state index contributed by atoms with van der Waals surface area (Å²) in [4.78, 5) is 94.4. The molecule has 1 aliphatic heterocycles. The molecule has 2 rings (SSSR count). The fourth-order valence-electron chi connectivity index (χ4n) is 5.69. The summed E-state index contributed by atoms with van der Waals surface area (Å²) in [6, 6.07) is 0.0502. The van der Waals surface area contributed by atoms with Gasteiger partial charge < -0.3 is 65.3 Å². The zero-order valence-corrected chi connectivity index (χ0v) is 31.3. The van der Waals surface area contributed by atoms with Crippen LogP contribution in [0.4, 0.5) is 0 Å². The van der Waals surface area contributed by atoms with Crippen molar-refractivity contribution in [3.63, 3.8) is 0 Å². The molecule has 0 aromatic heterocycles. The van der Waals surface area contributed by atoms with Gasteiger partial charge >= 0.3 is 0 Å². The van der Waals surface area contributed by atoms with E-state index in [1.54, 1.807) is 30.3 Å². The summed E-state index contributed by atoms with van der Waals surface area (Å²) < 4.78 is 0. The molecule has 0 saturated carbocycles. The van der Waals surface area contributed by atoms with Gasteiger partial charge in [0.25, 0.3) is 0 Å². The van der Waals surface area contributed by atoms with Crippen molar-refractivity contribution in [2.24, 2.45) is 28.9 Å². The third-order valence-corrected chi connectivity index (χ3v) is 8.67. The maximum Gasteiger partial charge on any atom is 0.245 e. The Bertz CT molecular complexity index is 1410. The Morgan fingerprint density at radius 3 is 1.52 bits per heavy atom. The van der Waals surface area contributed by atoms with Gasteiger partial charge in [-0.2, -0.15) is 0 Å². The minimum absolute atomic E-state index is 0.00796. The van der Waals surface area contributed by atoms with Crippen LogP contribution < -0.4 is 60.2 Å². The van der Waals surface area contributed by atoms with Crippen LogP contribution in [0.3, 0.4) is 0 Å². The molecule has 0 aliphatic carbocycles. The predicted molar refractivity (Wildman–Crippen MR) is 199 cm³/mol. The van der Waals surface area contributed by atoms with Gasteiger partial charge in [0, 0.05) is 13.0 Å². The smallest absolute Gasteiger partial charge is 0.245 e. The van der Waals surface area contributed by atoms with Crippen molar-refractivity contribution in [1.29, 1.82) is 0 Å². The molecule has 1 aromatic carbocycles. The van der Waals surface area contributed by atoms with Crippen LogP contribution in [-0.2, 0) is 40.0 Å². The number of hydrogen-bond acceptors (Lipinski definition) is 12. The first-order valence-corrected chi connectivity index (χ1v) is 18.3. The zero-order chi connectivity index (χ0) is 40.4. The van der Waals surface area contributed by atoms with E-state index in [9.17, 15) is 38.7 Å². The molecule has 7 amide bonds. The van der Waals surface area contributed by atoms with Gasteiger partial charge in [-0.3, -0.25) is 33.6 Å². The number of carbonyl (C=O) groups is 7. The van der Waals surface area contributed by atoms with Crippen LogP contribution in [-0.4, -0.2) is 121 Å². The summed E-state index contributed by atoms with van der Waals surface area (Å²) in [5.41, 5.74) is 24.1. The topological polar surface area (TPSA) is 328 Å². The van der Waals surface area contributed by atoms with Crippen molar-refractivity contribution in [3.8, 4) is 0 Å². The summed E-state index contributed by atoms with van der Waals surface area (Å²) in [6.07, 6.45) is -1.43. The molecule has 1 fully saturated rings. The Morgan fingerprint density at radius 2 is 1.04 bits per heavy atom. The van der Waals surface area contributed by atoms with E-state index in [1.165, 1.54) is 6.92 Å². The molecule has 0 unspecified atom stereocenters. The highest BCUT2D eigenvalue weighted by Crippen LogP contribution is 2.10. The average Bonchev–Trinajstić information content (AvgIpc) is 3.11. The quantitative estimate of drug-likeness (QED) is 0.102. The second-order valence-electron chi connectivity index (χ2n) is 13.8. The molecule has 1 saturated heterocycles. The Morgan fingerprint density at radius 1 is 0.611 bits per heavy atom. The second kappa shape index (κ2) is 23.2. The van der Waals surface area contributed by atoms with Crippen molar-refractivity contribution >= 4 is 41.4 Å². The molecule has 302 valence electrons. The van der Waals surface area contributed by atoms with E-state index in [-0.39, 0.29) is 70.6 Å². The predicted octanol–water partition coefficient (Wildman–Crippen LogP) is -4.54. The maximum absolute atomic E-state index is 13.9. The molecule has 0 spiro atoms. The lowest BCUT2D eigenvalue weighted by Crippen LogP contribution is -2.61. The highest BCUT2D eigenvalue weighted by molar-refractivity contribution is 5.97.